The molecule has 0 spiro atoms. The molecule has 6 nitrogen and oxygen atoms in total. The minimum absolute atomic E-state index is 0.0725. The summed E-state index contributed by atoms with van der Waals surface area (Å²) in [6.07, 6.45) is -2.80. The van der Waals surface area contributed by atoms with Crippen LogP contribution in [0.25, 0.3) is 10.9 Å². The molecule has 0 saturated carbocycles. The molecule has 0 amide bonds. The molecule has 30 heavy (non-hydrogen) atoms. The van der Waals surface area contributed by atoms with Gasteiger partial charge >= 0.3 is 6.18 Å². The van der Waals surface area contributed by atoms with Crippen LogP contribution in [-0.4, -0.2) is 29.0 Å². The Labute approximate surface area is 171 Å². The Morgan fingerprint density at radius 2 is 1.97 bits per heavy atom. The fraction of sp³-hybridized carbons (Fsp3) is 0.263. The predicted octanol–water partition coefficient (Wildman–Crippen LogP) is 5.56. The van der Waals surface area contributed by atoms with Crippen molar-refractivity contribution in [2.75, 3.05) is 18.2 Å². The minimum atomic E-state index is -4.38. The number of aromatic nitrogens is 2. The lowest BCUT2D eigenvalue weighted by atomic mass is 10.1. The summed E-state index contributed by atoms with van der Waals surface area (Å²) in [6, 6.07) is 6.86. The summed E-state index contributed by atoms with van der Waals surface area (Å²) in [7, 11) is -1.39. The predicted molar refractivity (Wildman–Crippen MR) is 106 cm³/mol. The second-order valence-electron chi connectivity index (χ2n) is 6.37. The van der Waals surface area contributed by atoms with E-state index in [9.17, 15) is 21.8 Å². The molecule has 0 saturated heterocycles. The van der Waals surface area contributed by atoms with Gasteiger partial charge in [0.05, 0.1) is 24.2 Å². The molecule has 3 rings (SSSR count). The molecule has 0 aliphatic heterocycles. The summed E-state index contributed by atoms with van der Waals surface area (Å²) in [4.78, 5) is 8.39. The lowest BCUT2D eigenvalue weighted by Crippen LogP contribution is -2.13. The maximum Gasteiger partial charge on any atom is 0.392 e. The average molecular weight is 441 g/mol. The van der Waals surface area contributed by atoms with Crippen LogP contribution in [0.3, 0.4) is 0 Å². The van der Waals surface area contributed by atoms with Crippen molar-refractivity contribution in [1.29, 1.82) is 0 Å². The van der Waals surface area contributed by atoms with Crippen LogP contribution in [0.4, 0.5) is 34.8 Å². The highest BCUT2D eigenvalue weighted by molar-refractivity contribution is 7.74. The van der Waals surface area contributed by atoms with Gasteiger partial charge in [0.15, 0.2) is 0 Å². The van der Waals surface area contributed by atoms with Gasteiger partial charge in [-0.25, -0.2) is 14.4 Å². The van der Waals surface area contributed by atoms with Crippen LogP contribution in [0.1, 0.15) is 12.0 Å². The molecule has 0 radical (unpaired) electrons. The molecular weight excluding hydrogens is 424 g/mol. The first-order valence-electron chi connectivity index (χ1n) is 8.69. The lowest BCUT2D eigenvalue weighted by molar-refractivity contribution is -0.139. The number of ether oxygens (including phenoxy) is 1. The molecule has 0 aliphatic rings. The molecule has 0 aliphatic carbocycles. The van der Waals surface area contributed by atoms with E-state index in [0.29, 0.717) is 22.4 Å². The van der Waals surface area contributed by atoms with E-state index >= 15 is 0 Å². The van der Waals surface area contributed by atoms with Crippen molar-refractivity contribution >= 4 is 38.7 Å². The number of halogens is 4. The molecule has 1 aromatic heterocycles. The first-order valence-corrected chi connectivity index (χ1v) is 10.2. The number of benzene rings is 2. The SMILES string of the molecule is Cc1cc(N=[S-](C)=O)cc2ncnc(Nc3ccc(F)cc3OCCC(F)(F)F)c12. The molecule has 0 atom stereocenters. The lowest BCUT2D eigenvalue weighted by Gasteiger charge is -2.15. The van der Waals surface area contributed by atoms with Gasteiger partial charge in [-0.15, -0.1) is 6.26 Å². The van der Waals surface area contributed by atoms with Gasteiger partial charge in [0.25, 0.3) is 0 Å². The number of nitrogens with zero attached hydrogens (tertiary/aromatic N) is 3. The van der Waals surface area contributed by atoms with Crippen molar-refractivity contribution in [3.05, 3.63) is 48.0 Å². The number of rotatable bonds is 6. The third-order valence-electron chi connectivity index (χ3n) is 3.99. The maximum absolute atomic E-state index is 13.6. The number of nitrogens with one attached hydrogen (secondary N) is 1. The fourth-order valence-corrected chi connectivity index (χ4v) is 3.19. The Hall–Kier alpha value is -2.95. The van der Waals surface area contributed by atoms with Crippen LogP contribution in [0, 0.1) is 12.7 Å². The summed E-state index contributed by atoms with van der Waals surface area (Å²) in [5.41, 5.74) is 2.00. The highest BCUT2D eigenvalue weighted by Gasteiger charge is 2.27. The Bertz CT molecular complexity index is 1160. The van der Waals surface area contributed by atoms with Gasteiger partial charge in [0, 0.05) is 17.1 Å². The average Bonchev–Trinajstić information content (AvgIpc) is 2.62. The van der Waals surface area contributed by atoms with Gasteiger partial charge in [-0.1, -0.05) is 0 Å². The third-order valence-corrected chi connectivity index (χ3v) is 4.46. The molecule has 0 unspecified atom stereocenters. The second-order valence-corrected chi connectivity index (χ2v) is 7.40. The normalized spacial score (nSPS) is 12.9. The van der Waals surface area contributed by atoms with Gasteiger partial charge in [-0.05, 0) is 36.8 Å². The zero-order chi connectivity index (χ0) is 21.9. The summed E-state index contributed by atoms with van der Waals surface area (Å²) >= 11 is 0. The molecule has 0 bridgehead atoms. The molecule has 160 valence electrons. The van der Waals surface area contributed by atoms with Crippen molar-refractivity contribution in [2.24, 2.45) is 4.36 Å². The van der Waals surface area contributed by atoms with Crippen LogP contribution in [0.2, 0.25) is 0 Å². The summed E-state index contributed by atoms with van der Waals surface area (Å²) in [5.74, 6) is -0.365. The van der Waals surface area contributed by atoms with Crippen molar-refractivity contribution < 1.29 is 26.5 Å². The Morgan fingerprint density at radius 3 is 2.67 bits per heavy atom. The third kappa shape index (κ3) is 5.56. The fourth-order valence-electron chi connectivity index (χ4n) is 2.79. The highest BCUT2D eigenvalue weighted by Crippen LogP contribution is 2.34. The maximum atomic E-state index is 13.6. The Balaban J connectivity index is 1.96. The van der Waals surface area contributed by atoms with E-state index < -0.39 is 35.6 Å². The molecule has 1 N–H and O–H groups in total. The smallest absolute Gasteiger partial charge is 0.392 e. The van der Waals surface area contributed by atoms with E-state index in [2.05, 4.69) is 19.6 Å². The van der Waals surface area contributed by atoms with E-state index in [-0.39, 0.29) is 11.4 Å². The number of hydrogen-bond acceptors (Lipinski definition) is 7. The summed E-state index contributed by atoms with van der Waals surface area (Å²) in [6.45, 7) is 1.14. The van der Waals surface area contributed by atoms with Crippen molar-refractivity contribution in [1.82, 2.24) is 9.97 Å². The minimum Gasteiger partial charge on any atom is -0.491 e. The topological polar surface area (TPSA) is 76.5 Å². The van der Waals surface area contributed by atoms with Crippen LogP contribution in [0.15, 0.2) is 41.0 Å². The standard InChI is InChI=1S/C19H17F4N4O2S/c1-11-7-13(27-30(2)28)9-15-17(11)18(25-10-24-15)26-14-4-3-12(20)8-16(14)29-6-5-19(21,22)23/h3-4,7-10H,5-6H2,1-2H3,(H,24,25,26)/q-1. The van der Waals surface area contributed by atoms with Gasteiger partial charge in [-0.3, -0.25) is 0 Å². The summed E-state index contributed by atoms with van der Waals surface area (Å²) in [5, 5.41) is 3.61. The molecule has 0 fully saturated rings. The highest BCUT2D eigenvalue weighted by atomic mass is 32.2. The molecule has 11 heteroatoms. The molecular formula is C19H17F4N4O2S-. The van der Waals surface area contributed by atoms with Gasteiger partial charge in [0.1, 0.15) is 23.7 Å². The van der Waals surface area contributed by atoms with Crippen molar-refractivity contribution in [3.8, 4) is 5.75 Å². The van der Waals surface area contributed by atoms with Gasteiger partial charge in [0.2, 0.25) is 0 Å². The quantitative estimate of drug-likeness (QED) is 0.400. The second kappa shape index (κ2) is 8.82. The van der Waals surface area contributed by atoms with Gasteiger partial charge < -0.3 is 18.6 Å². The number of fused-ring (bicyclic) bond motifs is 1. The first kappa shape index (κ1) is 21.8. The van der Waals surface area contributed by atoms with E-state index in [1.807, 2.05) is 0 Å². The number of hydrogen-bond donors (Lipinski definition) is 1. The van der Waals surface area contributed by atoms with Crippen molar-refractivity contribution in [2.45, 2.75) is 19.5 Å². The van der Waals surface area contributed by atoms with Crippen molar-refractivity contribution in [3.63, 3.8) is 0 Å². The largest absolute Gasteiger partial charge is 0.491 e. The molecule has 2 aromatic carbocycles. The number of aryl methyl sites for hydroxylation is 1. The Kier molecular flexibility index (Phi) is 6.40. The molecule has 3 aromatic rings. The summed E-state index contributed by atoms with van der Waals surface area (Å²) < 4.78 is 71.4. The zero-order valence-electron chi connectivity index (χ0n) is 16.0. The zero-order valence-corrected chi connectivity index (χ0v) is 16.8. The monoisotopic (exact) mass is 441 g/mol. The Morgan fingerprint density at radius 1 is 1.20 bits per heavy atom. The van der Waals surface area contributed by atoms with E-state index in [0.717, 1.165) is 17.7 Å². The van der Waals surface area contributed by atoms with Crippen LogP contribution >= 0.6 is 0 Å². The van der Waals surface area contributed by atoms with Crippen LogP contribution in [-0.2, 0) is 14.8 Å². The van der Waals surface area contributed by atoms with E-state index in [1.165, 1.54) is 18.6 Å². The van der Waals surface area contributed by atoms with E-state index in [4.69, 9.17) is 4.74 Å². The number of anilines is 2. The van der Waals surface area contributed by atoms with E-state index in [1.54, 1.807) is 19.1 Å². The number of alkyl halides is 3. The van der Waals surface area contributed by atoms with Gasteiger partial charge in [-0.2, -0.15) is 23.8 Å². The van der Waals surface area contributed by atoms with Crippen LogP contribution < -0.4 is 10.1 Å². The van der Waals surface area contributed by atoms with Crippen LogP contribution in [0.5, 0.6) is 5.75 Å². The first-order chi connectivity index (χ1) is 14.1. The molecule has 1 heterocycles.